The highest BCUT2D eigenvalue weighted by atomic mass is 16.5. The summed E-state index contributed by atoms with van der Waals surface area (Å²) in [5.74, 6) is 0.522. The molecule has 31 heavy (non-hydrogen) atoms. The van der Waals surface area contributed by atoms with Crippen molar-refractivity contribution in [2.45, 2.75) is 44.2 Å². The Hall–Kier alpha value is -2.86. The molecule has 1 fully saturated rings. The van der Waals surface area contributed by atoms with Gasteiger partial charge in [-0.3, -0.25) is 9.69 Å². The molecule has 0 bridgehead atoms. The van der Waals surface area contributed by atoms with Crippen molar-refractivity contribution in [3.05, 3.63) is 65.7 Å². The molecule has 1 aliphatic carbocycles. The SMILES string of the molecule is COC(=O)c1ccc(C(C)NC(=O)C2(N(C)CCOc3ccccc3)CCCC2)cc1. The lowest BCUT2D eigenvalue weighted by Gasteiger charge is -2.38. The predicted octanol–water partition coefficient (Wildman–Crippen LogP) is 3.97. The van der Waals surface area contributed by atoms with Crippen molar-refractivity contribution < 1.29 is 19.1 Å². The summed E-state index contributed by atoms with van der Waals surface area (Å²) in [5, 5.41) is 3.19. The number of nitrogens with zero attached hydrogens (tertiary/aromatic N) is 1. The van der Waals surface area contributed by atoms with Crippen LogP contribution in [-0.2, 0) is 9.53 Å². The van der Waals surface area contributed by atoms with Gasteiger partial charge in [-0.15, -0.1) is 0 Å². The van der Waals surface area contributed by atoms with Crippen molar-refractivity contribution in [2.24, 2.45) is 0 Å². The number of ether oxygens (including phenoxy) is 2. The number of nitrogens with one attached hydrogen (secondary N) is 1. The zero-order valence-electron chi connectivity index (χ0n) is 18.6. The summed E-state index contributed by atoms with van der Waals surface area (Å²) in [6.45, 7) is 3.16. The molecule has 1 unspecified atom stereocenters. The van der Waals surface area contributed by atoms with Gasteiger partial charge in [0.25, 0.3) is 0 Å². The maximum atomic E-state index is 13.4. The molecular weight excluding hydrogens is 392 g/mol. The minimum Gasteiger partial charge on any atom is -0.492 e. The molecule has 1 amide bonds. The molecule has 1 N–H and O–H groups in total. The van der Waals surface area contributed by atoms with Crippen molar-refractivity contribution in [2.75, 3.05) is 27.3 Å². The second kappa shape index (κ2) is 10.4. The first-order chi connectivity index (χ1) is 15.0. The number of carbonyl (C=O) groups is 2. The Morgan fingerprint density at radius 2 is 1.71 bits per heavy atom. The topological polar surface area (TPSA) is 67.9 Å². The second-order valence-electron chi connectivity index (χ2n) is 8.13. The Kier molecular flexibility index (Phi) is 7.69. The van der Waals surface area contributed by atoms with Gasteiger partial charge in [0.2, 0.25) is 5.91 Å². The number of hydrogen-bond donors (Lipinski definition) is 1. The first-order valence-electron chi connectivity index (χ1n) is 10.8. The number of methoxy groups -OCH3 is 1. The second-order valence-corrected chi connectivity index (χ2v) is 8.13. The molecule has 3 rings (SSSR count). The van der Waals surface area contributed by atoms with Gasteiger partial charge in [-0.25, -0.2) is 4.79 Å². The average molecular weight is 425 g/mol. The van der Waals surface area contributed by atoms with E-state index in [4.69, 9.17) is 9.47 Å². The van der Waals surface area contributed by atoms with E-state index >= 15 is 0 Å². The van der Waals surface area contributed by atoms with Crippen LogP contribution in [-0.4, -0.2) is 49.6 Å². The van der Waals surface area contributed by atoms with Gasteiger partial charge >= 0.3 is 5.97 Å². The van der Waals surface area contributed by atoms with Crippen molar-refractivity contribution in [3.8, 4) is 5.75 Å². The monoisotopic (exact) mass is 424 g/mol. The summed E-state index contributed by atoms with van der Waals surface area (Å²) in [6.07, 6.45) is 3.77. The summed E-state index contributed by atoms with van der Waals surface area (Å²) in [6, 6.07) is 16.7. The molecule has 0 aromatic heterocycles. The van der Waals surface area contributed by atoms with Crippen molar-refractivity contribution in [3.63, 3.8) is 0 Å². The molecule has 1 atom stereocenters. The molecule has 0 aliphatic heterocycles. The van der Waals surface area contributed by atoms with Gasteiger partial charge in [0.1, 0.15) is 17.9 Å². The summed E-state index contributed by atoms with van der Waals surface area (Å²) in [4.78, 5) is 27.2. The molecule has 0 spiro atoms. The van der Waals surface area contributed by atoms with E-state index in [1.807, 2.05) is 56.4 Å². The Morgan fingerprint density at radius 3 is 2.32 bits per heavy atom. The van der Waals surface area contributed by atoms with Crippen molar-refractivity contribution in [1.29, 1.82) is 0 Å². The van der Waals surface area contributed by atoms with E-state index in [1.165, 1.54) is 7.11 Å². The fourth-order valence-electron chi connectivity index (χ4n) is 4.21. The molecule has 0 heterocycles. The van der Waals surface area contributed by atoms with E-state index in [1.54, 1.807) is 12.1 Å². The molecule has 2 aromatic rings. The number of para-hydroxylation sites is 1. The normalized spacial score (nSPS) is 16.0. The maximum Gasteiger partial charge on any atom is 0.337 e. The van der Waals surface area contributed by atoms with Crippen LogP contribution in [0, 0.1) is 0 Å². The van der Waals surface area contributed by atoms with E-state index in [0.717, 1.165) is 37.0 Å². The third-order valence-corrected chi connectivity index (χ3v) is 6.20. The molecule has 6 nitrogen and oxygen atoms in total. The smallest absolute Gasteiger partial charge is 0.337 e. The highest BCUT2D eigenvalue weighted by Gasteiger charge is 2.44. The number of hydrogen-bond acceptors (Lipinski definition) is 5. The zero-order chi connectivity index (χ0) is 22.3. The fraction of sp³-hybridized carbons (Fsp3) is 0.440. The number of carbonyl (C=O) groups excluding carboxylic acids is 2. The largest absolute Gasteiger partial charge is 0.492 e. The summed E-state index contributed by atoms with van der Waals surface area (Å²) in [5.41, 5.74) is 0.930. The van der Waals surface area contributed by atoms with E-state index in [2.05, 4.69) is 10.2 Å². The Balaban J connectivity index is 1.61. The van der Waals surface area contributed by atoms with Gasteiger partial charge in [0.15, 0.2) is 0 Å². The molecular formula is C25H32N2O4. The van der Waals surface area contributed by atoms with Crippen LogP contribution >= 0.6 is 0 Å². The molecule has 1 saturated carbocycles. The Labute approximate surface area is 184 Å². The number of esters is 1. The summed E-state index contributed by atoms with van der Waals surface area (Å²) < 4.78 is 10.6. The van der Waals surface area contributed by atoms with Gasteiger partial charge in [-0.1, -0.05) is 43.2 Å². The van der Waals surface area contributed by atoms with E-state index < -0.39 is 5.54 Å². The van der Waals surface area contributed by atoms with Crippen LogP contribution in [0.1, 0.15) is 54.6 Å². The number of amides is 1. The van der Waals surface area contributed by atoms with Crippen LogP contribution in [0.2, 0.25) is 0 Å². The molecule has 0 saturated heterocycles. The maximum absolute atomic E-state index is 13.4. The van der Waals surface area contributed by atoms with Gasteiger partial charge < -0.3 is 14.8 Å². The first kappa shape index (κ1) is 22.8. The van der Waals surface area contributed by atoms with Gasteiger partial charge in [-0.05, 0) is 56.6 Å². The van der Waals surface area contributed by atoms with Crippen molar-refractivity contribution >= 4 is 11.9 Å². The van der Waals surface area contributed by atoms with Crippen LogP contribution < -0.4 is 10.1 Å². The van der Waals surface area contributed by atoms with Crippen LogP contribution in [0.25, 0.3) is 0 Å². The average Bonchev–Trinajstić information content (AvgIpc) is 3.31. The van der Waals surface area contributed by atoms with Gasteiger partial charge in [-0.2, -0.15) is 0 Å². The van der Waals surface area contributed by atoms with Crippen LogP contribution in [0.5, 0.6) is 5.75 Å². The minimum atomic E-state index is -0.514. The van der Waals surface area contributed by atoms with E-state index in [-0.39, 0.29) is 17.9 Å². The fourth-order valence-corrected chi connectivity index (χ4v) is 4.21. The van der Waals surface area contributed by atoms with Crippen molar-refractivity contribution in [1.82, 2.24) is 10.2 Å². The summed E-state index contributed by atoms with van der Waals surface area (Å²) in [7, 11) is 3.37. The lowest BCUT2D eigenvalue weighted by Crippen LogP contribution is -2.57. The standard InChI is InChI=1S/C25H32N2O4/c1-19(20-11-13-21(14-12-20)23(28)30-3)26-24(29)25(15-7-8-16-25)27(2)17-18-31-22-9-5-4-6-10-22/h4-6,9-14,19H,7-8,15-18H2,1-3H3,(H,26,29). The first-order valence-corrected chi connectivity index (χ1v) is 10.8. The molecule has 2 aromatic carbocycles. The zero-order valence-corrected chi connectivity index (χ0v) is 18.6. The van der Waals surface area contributed by atoms with Gasteiger partial charge in [0, 0.05) is 6.54 Å². The number of likely N-dealkylation sites (N-methyl/N-ethyl adjacent to an activating group) is 1. The molecule has 1 aliphatic rings. The highest BCUT2D eigenvalue weighted by Crippen LogP contribution is 2.35. The van der Waals surface area contributed by atoms with Gasteiger partial charge in [0.05, 0.1) is 18.7 Å². The third kappa shape index (κ3) is 5.44. The van der Waals surface area contributed by atoms with Crippen LogP contribution in [0.15, 0.2) is 54.6 Å². The number of rotatable bonds is 9. The van der Waals surface area contributed by atoms with E-state index in [9.17, 15) is 9.59 Å². The minimum absolute atomic E-state index is 0.0526. The van der Waals surface area contributed by atoms with Crippen LogP contribution in [0.4, 0.5) is 0 Å². The lowest BCUT2D eigenvalue weighted by atomic mass is 9.93. The quantitative estimate of drug-likeness (QED) is 0.617. The Bertz CT molecular complexity index is 861. The van der Waals surface area contributed by atoms with E-state index in [0.29, 0.717) is 18.7 Å². The number of benzene rings is 2. The highest BCUT2D eigenvalue weighted by molar-refractivity contribution is 5.89. The lowest BCUT2D eigenvalue weighted by molar-refractivity contribution is -0.133. The molecule has 6 heteroatoms. The van der Waals surface area contributed by atoms with Crippen LogP contribution in [0.3, 0.4) is 0 Å². The summed E-state index contributed by atoms with van der Waals surface area (Å²) >= 11 is 0. The Morgan fingerprint density at radius 1 is 1.06 bits per heavy atom. The molecule has 166 valence electrons. The molecule has 0 radical (unpaired) electrons. The third-order valence-electron chi connectivity index (χ3n) is 6.20. The predicted molar refractivity (Wildman–Crippen MR) is 120 cm³/mol.